The standard InChI is InChI=1S/C17H17F3N6OS/c1-9(2)27-11-4-5-22-13(7-11)15-25-16(28-26-15)24-14-12(21-3)6-10(8-23-14)17(18,19)20/h4-9,21H,1-3H3,(H,23,24,25,26). The summed E-state index contributed by atoms with van der Waals surface area (Å²) >= 11 is 1.04. The molecule has 0 spiro atoms. The van der Waals surface area contributed by atoms with Crippen molar-refractivity contribution >= 4 is 28.2 Å². The van der Waals surface area contributed by atoms with Crippen molar-refractivity contribution in [1.82, 2.24) is 19.3 Å². The van der Waals surface area contributed by atoms with E-state index in [1.165, 1.54) is 7.05 Å². The van der Waals surface area contributed by atoms with Crippen molar-refractivity contribution in [2.45, 2.75) is 26.1 Å². The molecule has 2 N–H and O–H groups in total. The smallest absolute Gasteiger partial charge is 0.417 e. The number of pyridine rings is 2. The molecule has 0 radical (unpaired) electrons. The summed E-state index contributed by atoms with van der Waals surface area (Å²) in [6.45, 7) is 3.83. The number of anilines is 3. The fourth-order valence-electron chi connectivity index (χ4n) is 2.27. The van der Waals surface area contributed by atoms with Crippen molar-refractivity contribution in [2.24, 2.45) is 0 Å². The summed E-state index contributed by atoms with van der Waals surface area (Å²) < 4.78 is 48.4. The minimum absolute atomic E-state index is 0.0154. The van der Waals surface area contributed by atoms with Crippen molar-refractivity contribution in [3.63, 3.8) is 0 Å². The van der Waals surface area contributed by atoms with E-state index in [0.29, 0.717) is 22.4 Å². The first-order chi connectivity index (χ1) is 13.3. The number of rotatable bonds is 6. The Hall–Kier alpha value is -2.95. The molecular weight excluding hydrogens is 393 g/mol. The second kappa shape index (κ2) is 7.97. The molecule has 0 aliphatic carbocycles. The lowest BCUT2D eigenvalue weighted by molar-refractivity contribution is -0.137. The Morgan fingerprint density at radius 1 is 1.18 bits per heavy atom. The fraction of sp³-hybridized carbons (Fsp3) is 0.294. The van der Waals surface area contributed by atoms with Gasteiger partial charge in [0.1, 0.15) is 11.4 Å². The minimum Gasteiger partial charge on any atom is -0.491 e. The van der Waals surface area contributed by atoms with Crippen LogP contribution >= 0.6 is 11.5 Å². The molecule has 28 heavy (non-hydrogen) atoms. The molecule has 3 rings (SSSR count). The van der Waals surface area contributed by atoms with Crippen LogP contribution in [0, 0.1) is 0 Å². The van der Waals surface area contributed by atoms with Crippen LogP contribution in [-0.4, -0.2) is 32.5 Å². The van der Waals surface area contributed by atoms with Crippen molar-refractivity contribution in [3.05, 3.63) is 36.2 Å². The molecule has 11 heteroatoms. The summed E-state index contributed by atoms with van der Waals surface area (Å²) in [5.74, 6) is 1.23. The van der Waals surface area contributed by atoms with Gasteiger partial charge in [0.25, 0.3) is 0 Å². The van der Waals surface area contributed by atoms with E-state index in [9.17, 15) is 13.2 Å². The Morgan fingerprint density at radius 3 is 2.64 bits per heavy atom. The molecule has 0 aliphatic heterocycles. The Labute approximate surface area is 163 Å². The van der Waals surface area contributed by atoms with Crippen molar-refractivity contribution < 1.29 is 17.9 Å². The normalized spacial score (nSPS) is 11.5. The molecular formula is C17H17F3N6OS. The summed E-state index contributed by atoms with van der Waals surface area (Å²) in [7, 11) is 1.51. The number of nitrogens with one attached hydrogen (secondary N) is 2. The van der Waals surface area contributed by atoms with Gasteiger partial charge in [-0.25, -0.2) is 4.98 Å². The average molecular weight is 410 g/mol. The molecule has 7 nitrogen and oxygen atoms in total. The van der Waals surface area contributed by atoms with E-state index in [1.54, 1.807) is 18.3 Å². The Kier molecular flexibility index (Phi) is 5.63. The van der Waals surface area contributed by atoms with Crippen LogP contribution in [0.4, 0.5) is 29.8 Å². The predicted molar refractivity (Wildman–Crippen MR) is 101 cm³/mol. The maximum absolute atomic E-state index is 12.8. The second-order valence-electron chi connectivity index (χ2n) is 5.96. The molecule has 0 aliphatic rings. The Morgan fingerprint density at radius 2 is 1.96 bits per heavy atom. The summed E-state index contributed by atoms with van der Waals surface area (Å²) in [5, 5.41) is 5.95. The van der Waals surface area contributed by atoms with Crippen LogP contribution in [-0.2, 0) is 6.18 Å². The lowest BCUT2D eigenvalue weighted by Crippen LogP contribution is -2.08. The number of alkyl halides is 3. The van der Waals surface area contributed by atoms with E-state index in [-0.39, 0.29) is 17.6 Å². The Bertz CT molecular complexity index is 960. The molecule has 3 heterocycles. The first kappa shape index (κ1) is 19.8. The van der Waals surface area contributed by atoms with Gasteiger partial charge in [-0.2, -0.15) is 22.5 Å². The highest BCUT2D eigenvalue weighted by Gasteiger charge is 2.31. The molecule has 148 valence electrons. The third-order valence-corrected chi connectivity index (χ3v) is 4.10. The summed E-state index contributed by atoms with van der Waals surface area (Å²) in [6, 6.07) is 4.44. The molecule has 0 bridgehead atoms. The number of hydrogen-bond donors (Lipinski definition) is 2. The molecule has 0 saturated heterocycles. The molecule has 0 amide bonds. The van der Waals surface area contributed by atoms with Crippen molar-refractivity contribution in [2.75, 3.05) is 17.7 Å². The lowest BCUT2D eigenvalue weighted by Gasteiger charge is -2.12. The molecule has 0 aromatic carbocycles. The first-order valence-electron chi connectivity index (χ1n) is 8.25. The molecule has 0 fully saturated rings. The number of ether oxygens (including phenoxy) is 1. The van der Waals surface area contributed by atoms with Gasteiger partial charge in [-0.05, 0) is 26.0 Å². The molecule has 0 saturated carbocycles. The quantitative estimate of drug-likeness (QED) is 0.615. The maximum atomic E-state index is 12.8. The van der Waals surface area contributed by atoms with Crippen LogP contribution in [0.5, 0.6) is 5.75 Å². The van der Waals surface area contributed by atoms with Gasteiger partial charge in [0.05, 0.1) is 17.4 Å². The number of aromatic nitrogens is 4. The summed E-state index contributed by atoms with van der Waals surface area (Å²) in [5.41, 5.74) is -0.125. The minimum atomic E-state index is -4.47. The SMILES string of the molecule is CNc1cc(C(F)(F)F)cnc1Nc1nc(-c2cc(OC(C)C)ccn2)ns1. The largest absolute Gasteiger partial charge is 0.491 e. The zero-order valence-corrected chi connectivity index (χ0v) is 16.0. The van der Waals surface area contributed by atoms with E-state index >= 15 is 0 Å². The third kappa shape index (κ3) is 4.66. The monoisotopic (exact) mass is 410 g/mol. The van der Waals surface area contributed by atoms with Gasteiger partial charge in [0.15, 0.2) is 11.6 Å². The topological polar surface area (TPSA) is 84.9 Å². The summed E-state index contributed by atoms with van der Waals surface area (Å²) in [6.07, 6.45) is -2.10. The zero-order valence-electron chi connectivity index (χ0n) is 15.2. The highest BCUT2D eigenvalue weighted by Crippen LogP contribution is 2.34. The average Bonchev–Trinajstić information content (AvgIpc) is 3.09. The highest BCUT2D eigenvalue weighted by atomic mass is 32.1. The second-order valence-corrected chi connectivity index (χ2v) is 6.71. The summed E-state index contributed by atoms with van der Waals surface area (Å²) in [4.78, 5) is 12.4. The number of halogens is 3. The van der Waals surface area contributed by atoms with E-state index in [1.807, 2.05) is 13.8 Å². The van der Waals surface area contributed by atoms with Gasteiger partial charge < -0.3 is 15.4 Å². The van der Waals surface area contributed by atoms with Gasteiger partial charge in [-0.1, -0.05) is 0 Å². The fourth-order valence-corrected chi connectivity index (χ4v) is 2.85. The predicted octanol–water partition coefficient (Wildman–Crippen LogP) is 4.59. The molecule has 3 aromatic heterocycles. The van der Waals surface area contributed by atoms with E-state index < -0.39 is 11.7 Å². The van der Waals surface area contributed by atoms with Gasteiger partial charge in [0.2, 0.25) is 5.13 Å². The Balaban J connectivity index is 1.82. The van der Waals surface area contributed by atoms with Gasteiger partial charge in [-0.3, -0.25) is 4.98 Å². The van der Waals surface area contributed by atoms with Gasteiger partial charge >= 0.3 is 6.18 Å². The number of nitrogens with zero attached hydrogens (tertiary/aromatic N) is 4. The van der Waals surface area contributed by atoms with Crippen LogP contribution in [0.3, 0.4) is 0 Å². The lowest BCUT2D eigenvalue weighted by atomic mass is 10.2. The first-order valence-corrected chi connectivity index (χ1v) is 9.02. The van der Waals surface area contributed by atoms with Crippen LogP contribution < -0.4 is 15.4 Å². The van der Waals surface area contributed by atoms with E-state index in [0.717, 1.165) is 23.8 Å². The molecule has 0 unspecified atom stereocenters. The maximum Gasteiger partial charge on any atom is 0.417 e. The highest BCUT2D eigenvalue weighted by molar-refractivity contribution is 7.09. The van der Waals surface area contributed by atoms with Crippen molar-refractivity contribution in [1.29, 1.82) is 0 Å². The van der Waals surface area contributed by atoms with E-state index in [2.05, 4.69) is 30.0 Å². The van der Waals surface area contributed by atoms with Crippen LogP contribution in [0.2, 0.25) is 0 Å². The van der Waals surface area contributed by atoms with Crippen LogP contribution in [0.25, 0.3) is 11.5 Å². The van der Waals surface area contributed by atoms with Crippen molar-refractivity contribution in [3.8, 4) is 17.3 Å². The van der Waals surface area contributed by atoms with Crippen LogP contribution in [0.15, 0.2) is 30.6 Å². The molecule has 0 atom stereocenters. The van der Waals surface area contributed by atoms with Gasteiger partial charge in [0, 0.05) is 37.0 Å². The van der Waals surface area contributed by atoms with Crippen LogP contribution in [0.1, 0.15) is 19.4 Å². The number of hydrogen-bond acceptors (Lipinski definition) is 8. The zero-order chi connectivity index (χ0) is 20.3. The third-order valence-electron chi connectivity index (χ3n) is 3.47. The molecule has 3 aromatic rings. The van der Waals surface area contributed by atoms with Gasteiger partial charge in [-0.15, -0.1) is 0 Å². The van der Waals surface area contributed by atoms with E-state index in [4.69, 9.17) is 4.74 Å².